The quantitative estimate of drug-likeness (QED) is 0.917. The van der Waals surface area contributed by atoms with Crippen molar-refractivity contribution in [2.75, 3.05) is 11.5 Å². The predicted octanol–water partition coefficient (Wildman–Crippen LogP) is 2.29. The molecule has 0 aromatic carbocycles. The van der Waals surface area contributed by atoms with Gasteiger partial charge in [0, 0.05) is 30.9 Å². The predicted molar refractivity (Wildman–Crippen MR) is 86.0 cm³/mol. The first-order valence-corrected chi connectivity index (χ1v) is 8.35. The molecule has 5 nitrogen and oxygen atoms in total. The normalized spacial score (nSPS) is 17.2. The van der Waals surface area contributed by atoms with Crippen molar-refractivity contribution in [1.82, 2.24) is 15.3 Å². The van der Waals surface area contributed by atoms with E-state index in [-0.39, 0.29) is 12.0 Å². The van der Waals surface area contributed by atoms with E-state index < -0.39 is 0 Å². The lowest BCUT2D eigenvalue weighted by atomic mass is 10.2. The fraction of sp³-hybridized carbons (Fsp3) is 0.312. The fourth-order valence-electron chi connectivity index (χ4n) is 2.20. The highest BCUT2D eigenvalue weighted by molar-refractivity contribution is 7.99. The van der Waals surface area contributed by atoms with Gasteiger partial charge in [-0.25, -0.2) is 4.98 Å². The molecule has 0 spiro atoms. The Labute approximate surface area is 133 Å². The van der Waals surface area contributed by atoms with Gasteiger partial charge in [-0.1, -0.05) is 0 Å². The minimum Gasteiger partial charge on any atom is -0.473 e. The van der Waals surface area contributed by atoms with Gasteiger partial charge in [-0.15, -0.1) is 0 Å². The molecule has 1 aliphatic heterocycles. The first kappa shape index (κ1) is 14.8. The summed E-state index contributed by atoms with van der Waals surface area (Å²) in [5.74, 6) is 2.29. The molecule has 1 unspecified atom stereocenters. The summed E-state index contributed by atoms with van der Waals surface area (Å²) in [6.45, 7) is 0.453. The zero-order chi connectivity index (χ0) is 15.2. The van der Waals surface area contributed by atoms with E-state index >= 15 is 0 Å². The molecule has 0 saturated carbocycles. The summed E-state index contributed by atoms with van der Waals surface area (Å²) in [6.07, 6.45) is 6.21. The standard InChI is InChI=1S/C16H17N3O2S/c20-15(19-10-12-3-7-17-8-4-12)14-2-1-6-18-16(14)21-13-5-9-22-11-13/h1-4,6-8,13H,5,9-11H2,(H,19,20). The Hall–Kier alpha value is -2.08. The molecular weight excluding hydrogens is 298 g/mol. The fourth-order valence-corrected chi connectivity index (χ4v) is 3.29. The van der Waals surface area contributed by atoms with Crippen LogP contribution in [-0.4, -0.2) is 33.5 Å². The molecule has 1 aliphatic rings. The van der Waals surface area contributed by atoms with Crippen molar-refractivity contribution in [3.63, 3.8) is 0 Å². The van der Waals surface area contributed by atoms with Gasteiger partial charge in [-0.05, 0) is 42.0 Å². The molecule has 2 aromatic heterocycles. The van der Waals surface area contributed by atoms with Crippen molar-refractivity contribution in [2.24, 2.45) is 0 Å². The number of ether oxygens (including phenoxy) is 1. The van der Waals surface area contributed by atoms with Crippen LogP contribution < -0.4 is 10.1 Å². The SMILES string of the molecule is O=C(NCc1ccncc1)c1cccnc1OC1CCSC1. The number of nitrogens with one attached hydrogen (secondary N) is 1. The summed E-state index contributed by atoms with van der Waals surface area (Å²) in [7, 11) is 0. The van der Waals surface area contributed by atoms with Crippen LogP contribution in [0.5, 0.6) is 5.88 Å². The van der Waals surface area contributed by atoms with Gasteiger partial charge in [0.25, 0.3) is 5.91 Å². The van der Waals surface area contributed by atoms with Crippen LogP contribution in [0.1, 0.15) is 22.3 Å². The van der Waals surface area contributed by atoms with E-state index in [0.29, 0.717) is 18.0 Å². The second kappa shape index (κ2) is 7.26. The van der Waals surface area contributed by atoms with Crippen molar-refractivity contribution >= 4 is 17.7 Å². The third kappa shape index (κ3) is 3.76. The second-order valence-electron chi connectivity index (χ2n) is 5.00. The number of carbonyl (C=O) groups is 1. The van der Waals surface area contributed by atoms with Crippen LogP contribution in [0.25, 0.3) is 0 Å². The molecule has 1 N–H and O–H groups in total. The molecule has 6 heteroatoms. The van der Waals surface area contributed by atoms with Gasteiger partial charge in [0.1, 0.15) is 11.7 Å². The maximum Gasteiger partial charge on any atom is 0.257 e. The largest absolute Gasteiger partial charge is 0.473 e. The van der Waals surface area contributed by atoms with E-state index in [1.807, 2.05) is 23.9 Å². The highest BCUT2D eigenvalue weighted by Gasteiger charge is 2.21. The summed E-state index contributed by atoms with van der Waals surface area (Å²) < 4.78 is 5.88. The topological polar surface area (TPSA) is 64.1 Å². The van der Waals surface area contributed by atoms with Crippen LogP contribution in [0.2, 0.25) is 0 Å². The maximum absolute atomic E-state index is 12.4. The number of amides is 1. The Morgan fingerprint density at radius 2 is 2.18 bits per heavy atom. The van der Waals surface area contributed by atoms with Gasteiger partial charge in [0.2, 0.25) is 5.88 Å². The van der Waals surface area contributed by atoms with Gasteiger partial charge in [0.15, 0.2) is 0 Å². The van der Waals surface area contributed by atoms with E-state index in [4.69, 9.17) is 4.74 Å². The number of nitrogens with zero attached hydrogens (tertiary/aromatic N) is 2. The van der Waals surface area contributed by atoms with Gasteiger partial charge >= 0.3 is 0 Å². The first-order chi connectivity index (χ1) is 10.8. The van der Waals surface area contributed by atoms with Crippen LogP contribution in [0.4, 0.5) is 0 Å². The molecule has 0 bridgehead atoms. The van der Waals surface area contributed by atoms with E-state index in [9.17, 15) is 4.79 Å². The lowest BCUT2D eigenvalue weighted by Gasteiger charge is -2.14. The minimum absolute atomic E-state index is 0.145. The average molecular weight is 315 g/mol. The molecule has 2 aromatic rings. The Balaban J connectivity index is 1.66. The smallest absolute Gasteiger partial charge is 0.257 e. The van der Waals surface area contributed by atoms with Crippen molar-refractivity contribution in [3.05, 3.63) is 54.0 Å². The first-order valence-electron chi connectivity index (χ1n) is 7.19. The molecule has 1 atom stereocenters. The number of carbonyl (C=O) groups excluding carboxylic acids is 1. The summed E-state index contributed by atoms with van der Waals surface area (Å²) in [4.78, 5) is 20.5. The molecule has 22 heavy (non-hydrogen) atoms. The van der Waals surface area contributed by atoms with Crippen molar-refractivity contribution in [2.45, 2.75) is 19.1 Å². The molecule has 1 saturated heterocycles. The molecular formula is C16H17N3O2S. The Morgan fingerprint density at radius 3 is 2.95 bits per heavy atom. The number of thioether (sulfide) groups is 1. The minimum atomic E-state index is -0.175. The zero-order valence-corrected chi connectivity index (χ0v) is 12.9. The van der Waals surface area contributed by atoms with Crippen molar-refractivity contribution < 1.29 is 9.53 Å². The summed E-state index contributed by atoms with van der Waals surface area (Å²) >= 11 is 1.86. The third-order valence-corrected chi connectivity index (χ3v) is 4.52. The van der Waals surface area contributed by atoms with Crippen LogP contribution in [0, 0.1) is 0 Å². The number of hydrogen-bond acceptors (Lipinski definition) is 5. The monoisotopic (exact) mass is 315 g/mol. The van der Waals surface area contributed by atoms with E-state index in [2.05, 4.69) is 15.3 Å². The number of rotatable bonds is 5. The van der Waals surface area contributed by atoms with Crippen LogP contribution in [-0.2, 0) is 6.54 Å². The average Bonchev–Trinajstić information content (AvgIpc) is 3.07. The molecule has 3 heterocycles. The number of aromatic nitrogens is 2. The molecule has 114 valence electrons. The number of pyridine rings is 2. The molecule has 3 rings (SSSR count). The highest BCUT2D eigenvalue weighted by Crippen LogP contribution is 2.24. The van der Waals surface area contributed by atoms with Crippen LogP contribution in [0.15, 0.2) is 42.9 Å². The molecule has 0 radical (unpaired) electrons. The van der Waals surface area contributed by atoms with Gasteiger partial charge in [-0.2, -0.15) is 11.8 Å². The summed E-state index contributed by atoms with van der Waals surface area (Å²) in [5, 5.41) is 2.89. The summed E-state index contributed by atoms with van der Waals surface area (Å²) in [5.41, 5.74) is 1.48. The van der Waals surface area contributed by atoms with E-state index in [1.54, 1.807) is 30.7 Å². The van der Waals surface area contributed by atoms with Crippen molar-refractivity contribution in [3.8, 4) is 5.88 Å². The Kier molecular flexibility index (Phi) is 4.90. The Bertz CT molecular complexity index is 630. The maximum atomic E-state index is 12.4. The molecule has 1 fully saturated rings. The highest BCUT2D eigenvalue weighted by atomic mass is 32.2. The van der Waals surface area contributed by atoms with Gasteiger partial charge in [0.05, 0.1) is 0 Å². The van der Waals surface area contributed by atoms with Crippen molar-refractivity contribution in [1.29, 1.82) is 0 Å². The summed E-state index contributed by atoms with van der Waals surface area (Å²) in [6, 6.07) is 7.23. The van der Waals surface area contributed by atoms with Crippen LogP contribution >= 0.6 is 11.8 Å². The van der Waals surface area contributed by atoms with Crippen LogP contribution in [0.3, 0.4) is 0 Å². The Morgan fingerprint density at radius 1 is 1.32 bits per heavy atom. The van der Waals surface area contributed by atoms with E-state index in [0.717, 1.165) is 23.5 Å². The molecule has 1 amide bonds. The second-order valence-corrected chi connectivity index (χ2v) is 6.15. The zero-order valence-electron chi connectivity index (χ0n) is 12.1. The van der Waals surface area contributed by atoms with Gasteiger partial charge in [-0.3, -0.25) is 9.78 Å². The lowest BCUT2D eigenvalue weighted by Crippen LogP contribution is -2.25. The number of hydrogen-bond donors (Lipinski definition) is 1. The van der Waals surface area contributed by atoms with E-state index in [1.165, 1.54) is 0 Å². The lowest BCUT2D eigenvalue weighted by molar-refractivity contribution is 0.0943. The molecule has 0 aliphatic carbocycles. The van der Waals surface area contributed by atoms with Gasteiger partial charge < -0.3 is 10.1 Å². The third-order valence-electron chi connectivity index (χ3n) is 3.38.